The fourth-order valence-electron chi connectivity index (χ4n) is 9.85. The molecule has 45 heavy (non-hydrogen) atoms. The van der Waals surface area contributed by atoms with E-state index in [9.17, 15) is 18.0 Å². The van der Waals surface area contributed by atoms with Gasteiger partial charge in [0, 0.05) is 29.8 Å². The third-order valence-electron chi connectivity index (χ3n) is 12.1. The average molecular weight is 609 g/mol. The van der Waals surface area contributed by atoms with Crippen molar-refractivity contribution >= 4 is 0 Å². The first kappa shape index (κ1) is 28.2. The molecule has 0 aliphatic heterocycles. The number of hydrogen-bond donors (Lipinski definition) is 0. The molecular weight excluding hydrogens is 573 g/mol. The molecule has 0 saturated heterocycles. The predicted molar refractivity (Wildman–Crippen MR) is 166 cm³/mol. The van der Waals surface area contributed by atoms with Crippen LogP contribution in [0.4, 0.5) is 13.2 Å². The van der Waals surface area contributed by atoms with Crippen LogP contribution in [-0.2, 0) is 30.7 Å². The Balaban J connectivity index is 1.35. The number of halogens is 3. The highest BCUT2D eigenvalue weighted by atomic mass is 19.4. The Bertz CT molecular complexity index is 1910. The van der Waals surface area contributed by atoms with Crippen LogP contribution in [0.5, 0.6) is 0 Å². The van der Waals surface area contributed by atoms with Crippen LogP contribution in [0.3, 0.4) is 0 Å². The molecule has 1 unspecified atom stereocenters. The second kappa shape index (κ2) is 8.89. The van der Waals surface area contributed by atoms with E-state index in [4.69, 9.17) is 0 Å². The molecule has 5 aromatic rings. The summed E-state index contributed by atoms with van der Waals surface area (Å²) in [5.74, 6) is 0.166. The van der Waals surface area contributed by atoms with Crippen molar-refractivity contribution in [3.8, 4) is 0 Å². The van der Waals surface area contributed by atoms with Gasteiger partial charge in [-0.2, -0.15) is 18.3 Å². The van der Waals surface area contributed by atoms with E-state index in [1.807, 2.05) is 103 Å². The monoisotopic (exact) mass is 608 g/mol. The van der Waals surface area contributed by atoms with Gasteiger partial charge in [-0.15, -0.1) is 0 Å². The molecular formula is C37H35F3N4O. The van der Waals surface area contributed by atoms with Crippen LogP contribution in [0, 0.1) is 10.8 Å². The van der Waals surface area contributed by atoms with E-state index in [1.54, 1.807) is 0 Å². The number of aromatic nitrogens is 4. The van der Waals surface area contributed by atoms with Crippen LogP contribution in [0.1, 0.15) is 78.7 Å². The topological polar surface area (TPSA) is 44.8 Å². The normalized spacial score (nSPS) is 24.5. The van der Waals surface area contributed by atoms with Gasteiger partial charge < -0.3 is 0 Å². The standard InChI is InChI=1S/C37H35F3N4O/c1-33(2)34(3)31-29(28-20-21-35(28,33)34)32(45)43(42(31)4)22-24-23-44(41-30(24)37(38,39)40)36(25-14-8-5-9-15-25,26-16-10-6-11-17-26)27-18-12-7-13-19-27/h5-19,23,28H,20-22H2,1-4H3/t28-,34+,35?/m0/s1. The molecule has 8 heteroatoms. The predicted octanol–water partition coefficient (Wildman–Crippen LogP) is 7.47. The van der Waals surface area contributed by atoms with Crippen molar-refractivity contribution in [3.05, 3.63) is 147 Å². The van der Waals surface area contributed by atoms with Gasteiger partial charge >= 0.3 is 6.18 Å². The summed E-state index contributed by atoms with van der Waals surface area (Å²) in [6.45, 7) is 6.54. The van der Waals surface area contributed by atoms with Gasteiger partial charge in [0.1, 0.15) is 5.54 Å². The Hall–Kier alpha value is -4.33. The zero-order chi connectivity index (χ0) is 31.6. The van der Waals surface area contributed by atoms with Crippen molar-refractivity contribution < 1.29 is 13.2 Å². The maximum absolute atomic E-state index is 14.9. The largest absolute Gasteiger partial charge is 0.435 e. The fraction of sp³-hybridized carbons (Fsp3) is 0.351. The summed E-state index contributed by atoms with van der Waals surface area (Å²) in [5.41, 5.74) is 1.64. The molecule has 2 heterocycles. The molecule has 8 rings (SSSR count). The Morgan fingerprint density at radius 3 is 1.80 bits per heavy atom. The van der Waals surface area contributed by atoms with Crippen molar-refractivity contribution in [2.24, 2.45) is 17.9 Å². The molecule has 3 atom stereocenters. The van der Waals surface area contributed by atoms with Gasteiger partial charge in [0.05, 0.1) is 12.2 Å². The Morgan fingerprint density at radius 2 is 1.36 bits per heavy atom. The number of nitrogens with zero attached hydrogens (tertiary/aromatic N) is 4. The molecule has 0 N–H and O–H groups in total. The molecule has 0 bridgehead atoms. The van der Waals surface area contributed by atoms with E-state index in [2.05, 4.69) is 25.9 Å². The van der Waals surface area contributed by atoms with Crippen LogP contribution >= 0.6 is 0 Å². The quantitative estimate of drug-likeness (QED) is 0.188. The second-order valence-electron chi connectivity index (χ2n) is 13.7. The van der Waals surface area contributed by atoms with E-state index in [-0.39, 0.29) is 39.8 Å². The number of fused-ring (bicyclic) bond motifs is 3. The maximum Gasteiger partial charge on any atom is 0.435 e. The number of alkyl halides is 3. The molecule has 0 amide bonds. The molecule has 0 radical (unpaired) electrons. The maximum atomic E-state index is 14.9. The lowest BCUT2D eigenvalue weighted by Crippen LogP contribution is -2.38. The minimum atomic E-state index is -4.73. The van der Waals surface area contributed by atoms with Gasteiger partial charge in [-0.05, 0) is 46.3 Å². The Kier molecular flexibility index (Phi) is 5.57. The third kappa shape index (κ3) is 3.20. The molecule has 1 spiro atoms. The van der Waals surface area contributed by atoms with Crippen LogP contribution in [-0.4, -0.2) is 19.1 Å². The zero-order valence-electron chi connectivity index (χ0n) is 25.8. The number of hydrogen-bond acceptors (Lipinski definition) is 2. The van der Waals surface area contributed by atoms with Crippen LogP contribution in [0.15, 0.2) is 102 Å². The fourth-order valence-corrected chi connectivity index (χ4v) is 9.85. The molecule has 2 saturated carbocycles. The van der Waals surface area contributed by atoms with Gasteiger partial charge in [0.25, 0.3) is 5.56 Å². The molecule has 2 aromatic heterocycles. The Labute approximate surface area is 259 Å². The van der Waals surface area contributed by atoms with Crippen molar-refractivity contribution in [1.29, 1.82) is 0 Å². The second-order valence-corrected chi connectivity index (χ2v) is 13.7. The molecule has 3 aliphatic rings. The van der Waals surface area contributed by atoms with E-state index in [0.29, 0.717) is 0 Å². The smallest absolute Gasteiger partial charge is 0.289 e. The SMILES string of the molecule is Cn1c2c(c(=O)n1Cc1cn(C(c3ccccc3)(c3ccccc3)c3ccccc3)nc1C(F)(F)F)[C@@H]1CCC13C(C)(C)[C@@]23C. The summed E-state index contributed by atoms with van der Waals surface area (Å²) in [6, 6.07) is 28.5. The lowest BCUT2D eigenvalue weighted by molar-refractivity contribution is -0.142. The zero-order valence-corrected chi connectivity index (χ0v) is 25.8. The summed E-state index contributed by atoms with van der Waals surface area (Å²) in [6.07, 6.45) is -1.20. The summed E-state index contributed by atoms with van der Waals surface area (Å²) < 4.78 is 49.5. The lowest BCUT2D eigenvalue weighted by atomic mass is 9.65. The number of rotatable bonds is 6. The van der Waals surface area contributed by atoms with Crippen molar-refractivity contribution in [2.45, 2.75) is 63.2 Å². The summed E-state index contributed by atoms with van der Waals surface area (Å²) in [7, 11) is 1.83. The first-order valence-electron chi connectivity index (χ1n) is 15.6. The van der Waals surface area contributed by atoms with Crippen LogP contribution in [0.2, 0.25) is 0 Å². The average Bonchev–Trinajstić information content (AvgIpc) is 3.34. The van der Waals surface area contributed by atoms with Gasteiger partial charge in [-0.3, -0.25) is 14.2 Å². The van der Waals surface area contributed by atoms with Gasteiger partial charge in [-0.1, -0.05) is 112 Å². The molecule has 5 nitrogen and oxygen atoms in total. The van der Waals surface area contributed by atoms with Crippen LogP contribution in [0.25, 0.3) is 0 Å². The van der Waals surface area contributed by atoms with Gasteiger partial charge in [-0.25, -0.2) is 4.68 Å². The highest BCUT2D eigenvalue weighted by Gasteiger charge is 2.89. The number of benzene rings is 3. The van der Waals surface area contributed by atoms with Crippen molar-refractivity contribution in [1.82, 2.24) is 19.1 Å². The summed E-state index contributed by atoms with van der Waals surface area (Å²) in [5, 5.41) is 4.37. The first-order valence-corrected chi connectivity index (χ1v) is 15.6. The van der Waals surface area contributed by atoms with E-state index < -0.39 is 17.4 Å². The highest BCUT2D eigenvalue weighted by molar-refractivity contribution is 5.59. The summed E-state index contributed by atoms with van der Waals surface area (Å²) >= 11 is 0. The van der Waals surface area contributed by atoms with E-state index in [1.165, 1.54) is 15.6 Å². The van der Waals surface area contributed by atoms with E-state index in [0.717, 1.165) is 40.8 Å². The molecule has 2 fully saturated rings. The Morgan fingerprint density at radius 1 is 0.844 bits per heavy atom. The highest BCUT2D eigenvalue weighted by Crippen LogP contribution is 2.92. The molecule has 3 aromatic carbocycles. The molecule has 230 valence electrons. The van der Waals surface area contributed by atoms with Crippen molar-refractivity contribution in [3.63, 3.8) is 0 Å². The minimum Gasteiger partial charge on any atom is -0.289 e. The summed E-state index contributed by atoms with van der Waals surface area (Å²) in [4.78, 5) is 14.1. The van der Waals surface area contributed by atoms with Gasteiger partial charge in [0.2, 0.25) is 0 Å². The first-order chi connectivity index (χ1) is 21.4. The van der Waals surface area contributed by atoms with E-state index >= 15 is 0 Å². The van der Waals surface area contributed by atoms with Gasteiger partial charge in [0.15, 0.2) is 5.69 Å². The third-order valence-corrected chi connectivity index (χ3v) is 12.1. The minimum absolute atomic E-state index is 0.0367. The lowest BCUT2D eigenvalue weighted by Gasteiger charge is -2.38. The van der Waals surface area contributed by atoms with Crippen molar-refractivity contribution in [2.75, 3.05) is 0 Å². The van der Waals surface area contributed by atoms with Crippen LogP contribution < -0.4 is 5.56 Å². The molecule has 3 aliphatic carbocycles.